The highest BCUT2D eigenvalue weighted by atomic mass is 32.2. The topological polar surface area (TPSA) is 492 Å². The number of unbranched alkanes of at least 4 members (excludes halogenated alkanes) is 2. The molecule has 0 bridgehead atoms. The zero-order valence-electron chi connectivity index (χ0n) is 61.3. The monoisotopic (exact) mass is 1610 g/mol. The van der Waals surface area contributed by atoms with Crippen LogP contribution in [-0.4, -0.2) is 180 Å². The summed E-state index contributed by atoms with van der Waals surface area (Å²) in [5.74, 6) is -2.07. The molecule has 0 fully saturated rings. The number of aromatic nitrogens is 18. The van der Waals surface area contributed by atoms with Gasteiger partial charge in [-0.1, -0.05) is 52.7 Å². The summed E-state index contributed by atoms with van der Waals surface area (Å²) in [6.45, 7) is 12.5. The third-order valence-corrected chi connectivity index (χ3v) is 22.1. The average Bonchev–Trinajstić information content (AvgIpc) is 1.55. The molecule has 9 atom stereocenters. The number of nitrogens with one attached hydrogen (secondary N) is 3. The SMILES string of the molecule is CCC[C@@H](OC=O)[n+]1cc2n(n1)[C@H]1n3n[n+]([C@@H](CCOC=O)C(=O)O)cc3C[N+]1(CCc1ccc(NS(=O)[O-])cc1)C2.NCCCC[n+]1cc2n(n1)C1n3n[n+](CCCCN)cc3C[N+]1(CCc1ccc(NS(=O)[O-])cc1)C2.O=COC[n+]1cc2n(n1)[C@H]1n3n[n+](CC(=O)O)cc3C[N+]1(CCc1ccc(NS(=O)[O-])cc1)C2. The second-order valence-corrected chi connectivity index (χ2v) is 30.5. The predicted octanol–water partition coefficient (Wildman–Crippen LogP) is -2.79. The van der Waals surface area contributed by atoms with Crippen molar-refractivity contribution in [1.29, 1.82) is 0 Å². The number of hydrogen-bond acceptors (Lipinski definition) is 22. The third-order valence-electron chi connectivity index (χ3n) is 20.9. The van der Waals surface area contributed by atoms with Gasteiger partial charge >= 0.3 is 30.8 Å². The number of nitrogens with two attached hydrogens (primary N) is 2. The maximum absolute atomic E-state index is 12.0. The van der Waals surface area contributed by atoms with Crippen molar-refractivity contribution in [3.8, 4) is 0 Å². The van der Waals surface area contributed by atoms with Crippen molar-refractivity contribution in [2.75, 3.05) is 53.5 Å². The summed E-state index contributed by atoms with van der Waals surface area (Å²) in [7, 11) is 0. The Hall–Kier alpha value is -10.6. The zero-order chi connectivity index (χ0) is 78.8. The van der Waals surface area contributed by atoms with Crippen LogP contribution in [0.5, 0.6) is 0 Å². The number of aryl methyl sites for hydroxylation is 2. The molecule has 3 aromatic carbocycles. The Kier molecular flexibility index (Phi) is 24.8. The number of ether oxygens (including phenoxy) is 3. The average molecular weight is 1610 g/mol. The first-order valence-corrected chi connectivity index (χ1v) is 39.8. The van der Waals surface area contributed by atoms with E-state index in [9.17, 15) is 55.4 Å². The standard InChI is InChI=1S/C25H31N8O8S.C23H36N10O2S.C19H21N8O6S/c1-2-3-23(41-17-35)30-13-21-15-33(10-8-18-4-6-19(7-5-18)26-42(38)39)14-20-12-29(22(24(36)37)9-11-40-16-34)27-31(20)25(33)32(21)28-30;24-10-1-3-12-29-15-21-17-33(14-9-19-5-7-20(8-6-19)26-36(34)35)18-22-16-30(13-4-2-11-25)28-32(22)23(33)31(21)27-29;28-13-33-12-24-8-17-11-27(6-5-14-1-3-15(4-2-14)20-34(31)32)10-16-7-23(9-18(29)30)21-25(16)19(27)26(17)22-24/h4-7,12-13,16-17,22-23,25-26H,2-3,8-11,14-15H2,1H3;5-8,15-16,23,26H,1-4,9-14,17-18,24-25H2;1-4,7-8,13,19-20H,5-6,9-12H2/q+1;+2;+1/p+2/t22-,23+,25+,33?;;19-,27?/m0.1/s1. The Balaban J connectivity index is 0.000000148. The van der Waals surface area contributed by atoms with E-state index in [1.807, 2.05) is 79.1 Å². The summed E-state index contributed by atoms with van der Waals surface area (Å²) in [6.07, 6.45) is 18.0. The summed E-state index contributed by atoms with van der Waals surface area (Å²) < 4.78 is 111. The van der Waals surface area contributed by atoms with E-state index < -0.39 is 64.3 Å². The smallest absolute Gasteiger partial charge is 0.419 e. The fraction of sp³-hybridized carbons (Fsp3) is 0.478. The van der Waals surface area contributed by atoms with Crippen molar-refractivity contribution in [2.24, 2.45) is 11.5 Å². The Morgan fingerprint density at radius 1 is 0.518 bits per heavy atom. The Labute approximate surface area is 648 Å². The number of anilines is 3. The van der Waals surface area contributed by atoms with E-state index in [1.165, 1.54) is 31.0 Å². The molecule has 0 aliphatic carbocycles. The van der Waals surface area contributed by atoms with Crippen LogP contribution in [0, 0.1) is 0 Å². The Morgan fingerprint density at radius 3 is 1.26 bits per heavy atom. The van der Waals surface area contributed by atoms with Gasteiger partial charge in [-0.05, 0) is 126 Å². The van der Waals surface area contributed by atoms with E-state index in [4.69, 9.17) is 46.4 Å². The molecule has 112 heavy (non-hydrogen) atoms. The van der Waals surface area contributed by atoms with Gasteiger partial charge in [0.05, 0.1) is 36.7 Å². The van der Waals surface area contributed by atoms with Crippen molar-refractivity contribution in [3.05, 3.63) is 161 Å². The van der Waals surface area contributed by atoms with Crippen molar-refractivity contribution in [1.82, 2.24) is 59.4 Å². The molecule has 0 radical (unpaired) electrons. The lowest BCUT2D eigenvalue weighted by Crippen LogP contribution is -2.52. The van der Waals surface area contributed by atoms with Crippen LogP contribution >= 0.6 is 0 Å². The molecule has 596 valence electrons. The molecule has 0 saturated carbocycles. The van der Waals surface area contributed by atoms with Gasteiger partial charge in [0.1, 0.15) is 33.9 Å². The minimum atomic E-state index is -2.40. The van der Waals surface area contributed by atoms with Gasteiger partial charge < -0.3 is 63.7 Å². The molecule has 5 unspecified atom stereocenters. The fourth-order valence-electron chi connectivity index (χ4n) is 16.0. The number of rotatable bonds is 39. The van der Waals surface area contributed by atoms with Gasteiger partial charge in [0.15, 0.2) is 76.4 Å². The minimum absolute atomic E-state index is 0.00423. The molecule has 6 aliphatic heterocycles. The predicted molar refractivity (Wildman–Crippen MR) is 379 cm³/mol. The number of fused-ring (bicyclic) bond motifs is 15. The summed E-state index contributed by atoms with van der Waals surface area (Å²) in [5.41, 5.74) is 22.2. The molecule has 9 aromatic rings. The van der Waals surface area contributed by atoms with E-state index in [-0.39, 0.29) is 45.4 Å². The lowest BCUT2D eigenvalue weighted by atomic mass is 10.1. The van der Waals surface area contributed by atoms with Crippen LogP contribution in [0.2, 0.25) is 0 Å². The van der Waals surface area contributed by atoms with Crippen LogP contribution in [-0.2, 0) is 157 Å². The molecule has 45 heteroatoms. The van der Waals surface area contributed by atoms with Crippen molar-refractivity contribution in [2.45, 2.75) is 168 Å². The van der Waals surface area contributed by atoms with Crippen molar-refractivity contribution >= 4 is 82.2 Å². The summed E-state index contributed by atoms with van der Waals surface area (Å²) in [5, 5.41) is 47.4. The number of nitrogens with zero attached hydrogens (tertiary/aromatic N) is 21. The lowest BCUT2D eigenvalue weighted by Gasteiger charge is -2.28. The molecule has 42 nitrogen and oxygen atoms in total. The summed E-state index contributed by atoms with van der Waals surface area (Å²) in [4.78, 5) is 55.5. The lowest BCUT2D eigenvalue weighted by molar-refractivity contribution is -0.980. The number of carbonyl (C=O) groups is 5. The third kappa shape index (κ3) is 17.5. The van der Waals surface area contributed by atoms with Crippen LogP contribution in [0.1, 0.15) is 134 Å². The van der Waals surface area contributed by atoms with E-state index in [2.05, 4.69) is 51.6 Å². The van der Waals surface area contributed by atoms with Gasteiger partial charge in [0, 0.05) is 83.0 Å². The highest BCUT2D eigenvalue weighted by molar-refractivity contribution is 7.81. The second kappa shape index (κ2) is 35.0. The molecule has 0 spiro atoms. The van der Waals surface area contributed by atoms with E-state index in [1.54, 1.807) is 58.2 Å². The number of carboxylic acids is 2. The quantitative estimate of drug-likeness (QED) is 0.00511. The van der Waals surface area contributed by atoms with Gasteiger partial charge in [-0.25, -0.2) is 23.0 Å². The second-order valence-electron chi connectivity index (χ2n) is 28.5. The summed E-state index contributed by atoms with van der Waals surface area (Å²) >= 11 is -7.09. The molecule has 12 heterocycles. The number of hydrogen-bond donors (Lipinski definition) is 7. The molecule has 0 saturated heterocycles. The normalized spacial score (nSPS) is 20.8. The first-order valence-electron chi connectivity index (χ1n) is 36.5. The molecular formula is C67H90N26O16S3+6. The number of carbonyl (C=O) groups excluding carboxylic acids is 3. The zero-order valence-corrected chi connectivity index (χ0v) is 63.7. The number of benzene rings is 3. The number of carboxylic acid groups (broad SMARTS) is 2. The van der Waals surface area contributed by atoms with E-state index in [0.29, 0.717) is 97.6 Å². The van der Waals surface area contributed by atoms with E-state index >= 15 is 0 Å². The molecule has 15 rings (SSSR count). The first-order chi connectivity index (χ1) is 54.2. The van der Waals surface area contributed by atoms with Crippen LogP contribution in [0.3, 0.4) is 0 Å². The Morgan fingerprint density at radius 2 is 0.884 bits per heavy atom. The van der Waals surface area contributed by atoms with Crippen LogP contribution in [0.15, 0.2) is 110 Å². The maximum Gasteiger partial charge on any atom is 0.419 e. The van der Waals surface area contributed by atoms with Crippen LogP contribution in [0.4, 0.5) is 17.1 Å². The molecule has 6 aromatic heterocycles. The van der Waals surface area contributed by atoms with Crippen LogP contribution in [0.25, 0.3) is 0 Å². The molecular weight excluding hydrogens is 1520 g/mol. The fourth-order valence-corrected chi connectivity index (χ4v) is 17.0. The first kappa shape index (κ1) is 79.5. The molecule has 6 aliphatic rings. The van der Waals surface area contributed by atoms with Gasteiger partial charge in [-0.3, -0.25) is 27.0 Å². The van der Waals surface area contributed by atoms with Gasteiger partial charge in [0.2, 0.25) is 46.8 Å². The van der Waals surface area contributed by atoms with Gasteiger partial charge in [-0.15, -0.1) is 18.7 Å². The maximum atomic E-state index is 12.0. The van der Waals surface area contributed by atoms with Crippen LogP contribution < -0.4 is 53.7 Å². The molecule has 9 N–H and O–H groups in total. The van der Waals surface area contributed by atoms with Gasteiger partial charge in [0.25, 0.3) is 32.4 Å². The van der Waals surface area contributed by atoms with E-state index in [0.717, 1.165) is 123 Å². The summed E-state index contributed by atoms with van der Waals surface area (Å²) in [6, 6.07) is 20.9. The van der Waals surface area contributed by atoms with Gasteiger partial charge in [-0.2, -0.15) is 0 Å². The largest absolute Gasteiger partial charge is 0.755 e. The number of quaternary nitrogens is 3. The minimum Gasteiger partial charge on any atom is -0.755 e. The number of aliphatic carboxylic acids is 2. The van der Waals surface area contributed by atoms with Crippen molar-refractivity contribution in [3.63, 3.8) is 0 Å². The highest BCUT2D eigenvalue weighted by Gasteiger charge is 2.66. The Bertz CT molecular complexity index is 4860. The highest BCUT2D eigenvalue weighted by Crippen LogP contribution is 2.45. The van der Waals surface area contributed by atoms with Crippen molar-refractivity contribution < 1.29 is 116 Å². The molecule has 0 amide bonds.